The van der Waals surface area contributed by atoms with Crippen LogP contribution in [0.15, 0.2) is 80.5 Å². The van der Waals surface area contributed by atoms with Crippen LogP contribution in [0.1, 0.15) is 13.8 Å². The Labute approximate surface area is 199 Å². The van der Waals surface area contributed by atoms with Crippen LogP contribution in [0.2, 0.25) is 0 Å². The summed E-state index contributed by atoms with van der Waals surface area (Å²) < 4.78 is 17.2. The van der Waals surface area contributed by atoms with Crippen LogP contribution >= 0.6 is 0 Å². The highest BCUT2D eigenvalue weighted by Crippen LogP contribution is 1.95. The third-order valence-electron chi connectivity index (χ3n) is 3.43. The van der Waals surface area contributed by atoms with Crippen LogP contribution in [-0.4, -0.2) is 71.4 Å². The zero-order valence-electron chi connectivity index (χ0n) is 19.0. The SMILES string of the molecule is C=C(C)C(=O)OCO.C=C(C)C(=O)OCOC(=O)n1ccnc1.O=C(n1ccnc1)n1ccnc1. The van der Waals surface area contributed by atoms with E-state index < -0.39 is 31.6 Å². The summed E-state index contributed by atoms with van der Waals surface area (Å²) in [5.74, 6) is -1.17. The second-order valence-corrected chi connectivity index (χ2v) is 6.27. The fourth-order valence-corrected chi connectivity index (χ4v) is 1.76. The Hall–Kier alpha value is -4.85. The number of ether oxygens (including phenoxy) is 3. The Bertz CT molecular complexity index is 1070. The molecule has 186 valence electrons. The van der Waals surface area contributed by atoms with Crippen molar-refractivity contribution in [2.24, 2.45) is 0 Å². The largest absolute Gasteiger partial charge is 0.435 e. The second kappa shape index (κ2) is 15.1. The molecule has 0 saturated carbocycles. The lowest BCUT2D eigenvalue weighted by Crippen LogP contribution is -2.16. The highest BCUT2D eigenvalue weighted by molar-refractivity contribution is 5.87. The molecule has 14 nitrogen and oxygen atoms in total. The fourth-order valence-electron chi connectivity index (χ4n) is 1.76. The molecule has 0 spiro atoms. The summed E-state index contributed by atoms with van der Waals surface area (Å²) in [5.41, 5.74) is 0.535. The fraction of sp³-hybridized carbons (Fsp3) is 0.190. The van der Waals surface area contributed by atoms with Crippen LogP contribution < -0.4 is 0 Å². The molecule has 0 aliphatic carbocycles. The minimum Gasteiger partial charge on any atom is -0.435 e. The van der Waals surface area contributed by atoms with Gasteiger partial charge in [0.15, 0.2) is 6.79 Å². The Morgan fingerprint density at radius 2 is 1.17 bits per heavy atom. The maximum atomic E-state index is 11.4. The summed E-state index contributed by atoms with van der Waals surface area (Å²) in [7, 11) is 0. The van der Waals surface area contributed by atoms with Gasteiger partial charge in [-0.2, -0.15) is 0 Å². The van der Waals surface area contributed by atoms with Gasteiger partial charge >= 0.3 is 24.1 Å². The smallest absolute Gasteiger partial charge is 0.422 e. The number of aliphatic hydroxyl groups is 1. The molecule has 0 atom stereocenters. The first-order valence-electron chi connectivity index (χ1n) is 9.59. The normalized spacial score (nSPS) is 9.34. The Balaban J connectivity index is 0.000000276. The molecule has 0 amide bonds. The van der Waals surface area contributed by atoms with Gasteiger partial charge in [-0.05, 0) is 13.8 Å². The molecule has 0 saturated heterocycles. The Morgan fingerprint density at radius 1 is 0.743 bits per heavy atom. The standard InChI is InChI=1S/C9H10N2O4.C7H6N4O.C5H8O3/c1-7(2)8(12)14-6-15-9(13)11-4-3-10-5-11;12-7(10-3-1-8-5-10)11-4-2-9-6-11;1-4(2)5(7)8-3-6/h3-5H,1,6H2,2H3;1-6H;6H,1,3H2,2H3. The number of carbonyl (C=O) groups excluding carboxylic acids is 4. The average Bonchev–Trinajstić information content (AvgIpc) is 3.62. The highest BCUT2D eigenvalue weighted by Gasteiger charge is 2.07. The van der Waals surface area contributed by atoms with Crippen molar-refractivity contribution in [3.05, 3.63) is 80.5 Å². The lowest BCUT2D eigenvalue weighted by molar-refractivity contribution is -0.147. The van der Waals surface area contributed by atoms with Crippen molar-refractivity contribution in [3.63, 3.8) is 0 Å². The summed E-state index contributed by atoms with van der Waals surface area (Å²) in [6.07, 6.45) is 12.6. The molecule has 3 rings (SSSR count). The molecule has 0 fully saturated rings. The van der Waals surface area contributed by atoms with Crippen molar-refractivity contribution in [1.29, 1.82) is 0 Å². The van der Waals surface area contributed by atoms with E-state index in [1.165, 1.54) is 54.4 Å². The van der Waals surface area contributed by atoms with E-state index in [9.17, 15) is 19.2 Å². The number of esters is 2. The van der Waals surface area contributed by atoms with Crippen molar-refractivity contribution < 1.29 is 38.5 Å². The quantitative estimate of drug-likeness (QED) is 0.314. The monoisotopic (exact) mass is 488 g/mol. The molecule has 0 unspecified atom stereocenters. The van der Waals surface area contributed by atoms with Crippen molar-refractivity contribution in [2.45, 2.75) is 13.8 Å². The number of aromatic nitrogens is 6. The van der Waals surface area contributed by atoms with Gasteiger partial charge in [0.1, 0.15) is 19.0 Å². The lowest BCUT2D eigenvalue weighted by Gasteiger charge is -2.05. The third-order valence-corrected chi connectivity index (χ3v) is 3.43. The van der Waals surface area contributed by atoms with Gasteiger partial charge in [-0.25, -0.2) is 38.7 Å². The van der Waals surface area contributed by atoms with E-state index in [0.717, 1.165) is 4.57 Å². The molecule has 1 N–H and O–H groups in total. The predicted octanol–water partition coefficient (Wildman–Crippen LogP) is 1.60. The molecular formula is C21H24N6O8. The van der Waals surface area contributed by atoms with Crippen LogP contribution in [0.25, 0.3) is 0 Å². The van der Waals surface area contributed by atoms with Gasteiger partial charge in [0.25, 0.3) is 0 Å². The number of nitrogens with zero attached hydrogens (tertiary/aromatic N) is 6. The molecular weight excluding hydrogens is 464 g/mol. The van der Waals surface area contributed by atoms with Crippen LogP contribution in [-0.2, 0) is 23.8 Å². The first-order chi connectivity index (χ1) is 16.7. The first-order valence-corrected chi connectivity index (χ1v) is 9.59. The van der Waals surface area contributed by atoms with E-state index in [1.54, 1.807) is 24.8 Å². The number of rotatable bonds is 5. The average molecular weight is 488 g/mol. The minimum absolute atomic E-state index is 0.190. The van der Waals surface area contributed by atoms with Crippen molar-refractivity contribution >= 4 is 24.1 Å². The molecule has 35 heavy (non-hydrogen) atoms. The van der Waals surface area contributed by atoms with Crippen molar-refractivity contribution in [2.75, 3.05) is 13.6 Å². The Kier molecular flexibility index (Phi) is 12.1. The van der Waals surface area contributed by atoms with E-state index >= 15 is 0 Å². The summed E-state index contributed by atoms with van der Waals surface area (Å²) >= 11 is 0. The molecule has 0 aromatic carbocycles. The van der Waals surface area contributed by atoms with E-state index in [1.807, 2.05) is 0 Å². The van der Waals surface area contributed by atoms with E-state index in [0.29, 0.717) is 5.57 Å². The van der Waals surface area contributed by atoms with Gasteiger partial charge in [-0.3, -0.25) is 9.13 Å². The van der Waals surface area contributed by atoms with Crippen LogP contribution in [0.5, 0.6) is 0 Å². The molecule has 0 aliphatic rings. The van der Waals surface area contributed by atoms with E-state index in [2.05, 4.69) is 42.3 Å². The molecule has 3 heterocycles. The number of carbonyl (C=O) groups is 4. The minimum atomic E-state index is -0.665. The summed E-state index contributed by atoms with van der Waals surface area (Å²) in [4.78, 5) is 54.9. The van der Waals surface area contributed by atoms with E-state index in [-0.39, 0.29) is 11.6 Å². The van der Waals surface area contributed by atoms with Crippen LogP contribution in [0.4, 0.5) is 9.59 Å². The van der Waals surface area contributed by atoms with Crippen LogP contribution in [0.3, 0.4) is 0 Å². The number of imidazole rings is 3. The van der Waals surface area contributed by atoms with Gasteiger partial charge < -0.3 is 19.3 Å². The van der Waals surface area contributed by atoms with Crippen LogP contribution in [0, 0.1) is 0 Å². The summed E-state index contributed by atoms with van der Waals surface area (Å²) in [6.45, 7) is 8.65. The maximum Gasteiger partial charge on any atom is 0.422 e. The first kappa shape index (κ1) is 28.2. The maximum absolute atomic E-state index is 11.4. The zero-order chi connectivity index (χ0) is 26.2. The zero-order valence-corrected chi connectivity index (χ0v) is 19.0. The predicted molar refractivity (Wildman–Crippen MR) is 119 cm³/mol. The van der Waals surface area contributed by atoms with Gasteiger partial charge in [-0.1, -0.05) is 13.2 Å². The van der Waals surface area contributed by atoms with Gasteiger partial charge in [0.05, 0.1) is 0 Å². The number of hydrogen-bond acceptors (Lipinski definition) is 11. The van der Waals surface area contributed by atoms with Crippen molar-refractivity contribution in [3.8, 4) is 0 Å². The second-order valence-electron chi connectivity index (χ2n) is 6.27. The number of aliphatic hydroxyl groups excluding tert-OH is 1. The molecule has 0 aliphatic heterocycles. The Morgan fingerprint density at radius 3 is 1.51 bits per heavy atom. The molecule has 3 aromatic rings. The molecule has 14 heteroatoms. The summed E-state index contributed by atoms with van der Waals surface area (Å²) in [5, 5.41) is 8.00. The topological polar surface area (TPSA) is 170 Å². The number of hydrogen-bond donors (Lipinski definition) is 1. The summed E-state index contributed by atoms with van der Waals surface area (Å²) in [6, 6.07) is -0.190. The highest BCUT2D eigenvalue weighted by atomic mass is 16.7. The third kappa shape index (κ3) is 10.5. The van der Waals surface area contributed by atoms with Crippen molar-refractivity contribution in [1.82, 2.24) is 28.7 Å². The van der Waals surface area contributed by atoms with E-state index in [4.69, 9.17) is 5.11 Å². The molecule has 0 bridgehead atoms. The van der Waals surface area contributed by atoms with Gasteiger partial charge in [0, 0.05) is 48.3 Å². The lowest BCUT2D eigenvalue weighted by atomic mass is 10.4. The van der Waals surface area contributed by atoms with Gasteiger partial charge in [0.2, 0.25) is 6.79 Å². The molecule has 3 aromatic heterocycles. The van der Waals surface area contributed by atoms with Gasteiger partial charge in [-0.15, -0.1) is 0 Å². The molecule has 0 radical (unpaired) electrons.